The van der Waals surface area contributed by atoms with E-state index in [-0.39, 0.29) is 12.7 Å². The molecule has 0 aliphatic carbocycles. The summed E-state index contributed by atoms with van der Waals surface area (Å²) < 4.78 is 11.0. The van der Waals surface area contributed by atoms with Gasteiger partial charge in [-0.1, -0.05) is 11.6 Å². The first-order chi connectivity index (χ1) is 9.08. The highest BCUT2D eigenvalue weighted by atomic mass is 35.5. The average Bonchev–Trinajstić information content (AvgIpc) is 2.36. The maximum absolute atomic E-state index is 8.72. The second-order valence-corrected chi connectivity index (χ2v) is 4.92. The predicted molar refractivity (Wildman–Crippen MR) is 77.2 cm³/mol. The molecule has 0 aliphatic rings. The van der Waals surface area contributed by atoms with Crippen LogP contribution in [-0.2, 0) is 6.54 Å². The molecule has 0 amide bonds. The van der Waals surface area contributed by atoms with Gasteiger partial charge in [0.15, 0.2) is 11.5 Å². The van der Waals surface area contributed by atoms with Gasteiger partial charge in [-0.15, -0.1) is 0 Å². The third-order valence-corrected chi connectivity index (χ3v) is 2.87. The number of aliphatic hydroxyl groups excluding tert-OH is 1. The van der Waals surface area contributed by atoms with Crippen molar-refractivity contribution < 1.29 is 14.6 Å². The Bertz CT molecular complexity index is 397. The number of ether oxygens (including phenoxy) is 2. The van der Waals surface area contributed by atoms with Gasteiger partial charge in [0, 0.05) is 24.2 Å². The highest BCUT2D eigenvalue weighted by Gasteiger charge is 2.11. The quantitative estimate of drug-likeness (QED) is 0.722. The number of aliphatic hydroxyl groups is 1. The van der Waals surface area contributed by atoms with Gasteiger partial charge in [0.1, 0.15) is 0 Å². The summed E-state index contributed by atoms with van der Waals surface area (Å²) >= 11 is 6.23. The SMILES string of the molecule is COc1cc(CNCCCO)c(Cl)cc1OC(C)C. The van der Waals surface area contributed by atoms with E-state index >= 15 is 0 Å². The fourth-order valence-electron chi connectivity index (χ4n) is 1.65. The molecule has 0 heterocycles. The number of benzene rings is 1. The van der Waals surface area contributed by atoms with E-state index < -0.39 is 0 Å². The third-order valence-electron chi connectivity index (χ3n) is 2.52. The molecule has 5 heteroatoms. The Labute approximate surface area is 119 Å². The van der Waals surface area contributed by atoms with E-state index in [0.29, 0.717) is 23.1 Å². The molecule has 2 N–H and O–H groups in total. The molecule has 1 rings (SSSR count). The molecule has 1 aromatic rings. The van der Waals surface area contributed by atoms with Crippen LogP contribution >= 0.6 is 11.6 Å². The lowest BCUT2D eigenvalue weighted by atomic mass is 10.2. The summed E-state index contributed by atoms with van der Waals surface area (Å²) in [4.78, 5) is 0. The average molecular weight is 288 g/mol. The number of nitrogens with one attached hydrogen (secondary N) is 1. The van der Waals surface area contributed by atoms with Crippen LogP contribution in [0.3, 0.4) is 0 Å². The minimum absolute atomic E-state index is 0.0681. The smallest absolute Gasteiger partial charge is 0.163 e. The fourth-order valence-corrected chi connectivity index (χ4v) is 1.87. The molecule has 0 atom stereocenters. The fraction of sp³-hybridized carbons (Fsp3) is 0.571. The van der Waals surface area contributed by atoms with Crippen molar-refractivity contribution in [2.45, 2.75) is 32.9 Å². The Balaban J connectivity index is 2.77. The molecule has 0 spiro atoms. The number of methoxy groups -OCH3 is 1. The lowest BCUT2D eigenvalue weighted by Crippen LogP contribution is -2.16. The van der Waals surface area contributed by atoms with Crippen LogP contribution in [0.5, 0.6) is 11.5 Å². The third kappa shape index (κ3) is 5.27. The van der Waals surface area contributed by atoms with Crippen LogP contribution in [0.25, 0.3) is 0 Å². The molecule has 0 fully saturated rings. The predicted octanol–water partition coefficient (Wildman–Crippen LogP) is 2.61. The summed E-state index contributed by atoms with van der Waals surface area (Å²) in [6, 6.07) is 3.66. The zero-order chi connectivity index (χ0) is 14.3. The molecule has 108 valence electrons. The normalized spacial score (nSPS) is 10.8. The Hall–Kier alpha value is -0.970. The zero-order valence-corrected chi connectivity index (χ0v) is 12.5. The van der Waals surface area contributed by atoms with Crippen molar-refractivity contribution in [1.29, 1.82) is 0 Å². The molecule has 0 saturated heterocycles. The van der Waals surface area contributed by atoms with Crippen LogP contribution in [0.4, 0.5) is 0 Å². The van der Waals surface area contributed by atoms with Crippen molar-refractivity contribution in [3.63, 3.8) is 0 Å². The minimum Gasteiger partial charge on any atom is -0.493 e. The first-order valence-corrected chi connectivity index (χ1v) is 6.81. The molecule has 4 nitrogen and oxygen atoms in total. The van der Waals surface area contributed by atoms with Gasteiger partial charge in [-0.05, 0) is 38.4 Å². The minimum atomic E-state index is 0.0681. The second kappa shape index (κ2) is 8.25. The van der Waals surface area contributed by atoms with Crippen LogP contribution in [0, 0.1) is 0 Å². The monoisotopic (exact) mass is 287 g/mol. The Morgan fingerprint density at radius 2 is 2.05 bits per heavy atom. The van der Waals surface area contributed by atoms with E-state index in [1.54, 1.807) is 13.2 Å². The topological polar surface area (TPSA) is 50.7 Å². The summed E-state index contributed by atoms with van der Waals surface area (Å²) in [7, 11) is 1.61. The molecule has 0 bridgehead atoms. The van der Waals surface area contributed by atoms with E-state index in [9.17, 15) is 0 Å². The summed E-state index contributed by atoms with van der Waals surface area (Å²) in [6.07, 6.45) is 0.794. The highest BCUT2D eigenvalue weighted by molar-refractivity contribution is 6.31. The summed E-state index contributed by atoms with van der Waals surface area (Å²) in [5, 5.41) is 12.6. The van der Waals surface area contributed by atoms with E-state index in [1.807, 2.05) is 19.9 Å². The lowest BCUT2D eigenvalue weighted by molar-refractivity contribution is 0.230. The molecular formula is C14H22ClNO3. The van der Waals surface area contributed by atoms with Crippen molar-refractivity contribution in [3.05, 3.63) is 22.7 Å². The molecule has 0 radical (unpaired) electrons. The van der Waals surface area contributed by atoms with E-state index in [4.69, 9.17) is 26.2 Å². The standard InChI is InChI=1S/C14H22ClNO3/c1-10(2)19-14-8-12(15)11(7-13(14)18-3)9-16-5-4-6-17/h7-8,10,16-17H,4-6,9H2,1-3H3. The lowest BCUT2D eigenvalue weighted by Gasteiger charge is -2.16. The molecule has 0 aliphatic heterocycles. The van der Waals surface area contributed by atoms with Gasteiger partial charge in [-0.25, -0.2) is 0 Å². The maximum Gasteiger partial charge on any atom is 0.163 e. The highest BCUT2D eigenvalue weighted by Crippen LogP contribution is 2.33. The van der Waals surface area contributed by atoms with Crippen LogP contribution in [0.2, 0.25) is 5.02 Å². The number of rotatable bonds is 8. The Morgan fingerprint density at radius 1 is 1.32 bits per heavy atom. The van der Waals surface area contributed by atoms with Gasteiger partial charge in [0.2, 0.25) is 0 Å². The van der Waals surface area contributed by atoms with Gasteiger partial charge in [0.25, 0.3) is 0 Å². The van der Waals surface area contributed by atoms with Crippen molar-refractivity contribution in [2.75, 3.05) is 20.3 Å². The summed E-state index contributed by atoms with van der Waals surface area (Å²) in [6.45, 7) is 5.48. The number of halogens is 1. The maximum atomic E-state index is 8.72. The molecule has 0 aromatic heterocycles. The molecule has 0 unspecified atom stereocenters. The van der Waals surface area contributed by atoms with Gasteiger partial charge in [-0.2, -0.15) is 0 Å². The molecule has 1 aromatic carbocycles. The first-order valence-electron chi connectivity index (χ1n) is 6.43. The van der Waals surface area contributed by atoms with Crippen molar-refractivity contribution >= 4 is 11.6 Å². The summed E-state index contributed by atoms with van der Waals surface area (Å²) in [5.74, 6) is 1.33. The largest absolute Gasteiger partial charge is 0.493 e. The summed E-state index contributed by atoms with van der Waals surface area (Å²) in [5.41, 5.74) is 0.951. The van der Waals surface area contributed by atoms with Crippen LogP contribution in [0.1, 0.15) is 25.8 Å². The van der Waals surface area contributed by atoms with Crippen LogP contribution in [-0.4, -0.2) is 31.5 Å². The van der Waals surface area contributed by atoms with E-state index in [1.165, 1.54) is 0 Å². The second-order valence-electron chi connectivity index (χ2n) is 4.52. The molecule has 19 heavy (non-hydrogen) atoms. The van der Waals surface area contributed by atoms with Crippen LogP contribution < -0.4 is 14.8 Å². The van der Waals surface area contributed by atoms with Crippen LogP contribution in [0.15, 0.2) is 12.1 Å². The zero-order valence-electron chi connectivity index (χ0n) is 11.7. The Kier molecular flexibility index (Phi) is 6.99. The Morgan fingerprint density at radius 3 is 2.63 bits per heavy atom. The van der Waals surface area contributed by atoms with Gasteiger partial charge in [-0.3, -0.25) is 0 Å². The number of hydrogen-bond acceptors (Lipinski definition) is 4. The van der Waals surface area contributed by atoms with Gasteiger partial charge >= 0.3 is 0 Å². The van der Waals surface area contributed by atoms with Gasteiger partial charge < -0.3 is 19.9 Å². The van der Waals surface area contributed by atoms with E-state index in [2.05, 4.69) is 5.32 Å². The van der Waals surface area contributed by atoms with E-state index in [0.717, 1.165) is 18.5 Å². The molecular weight excluding hydrogens is 266 g/mol. The first kappa shape index (κ1) is 16.1. The van der Waals surface area contributed by atoms with Crippen molar-refractivity contribution in [3.8, 4) is 11.5 Å². The molecule has 0 saturated carbocycles. The number of hydrogen-bond donors (Lipinski definition) is 2. The van der Waals surface area contributed by atoms with Crippen molar-refractivity contribution in [1.82, 2.24) is 5.32 Å². The van der Waals surface area contributed by atoms with Gasteiger partial charge in [0.05, 0.1) is 13.2 Å². The van der Waals surface area contributed by atoms with Crippen molar-refractivity contribution in [2.24, 2.45) is 0 Å².